The highest BCUT2D eigenvalue weighted by Gasteiger charge is 2.37. The third-order valence-corrected chi connectivity index (χ3v) is 4.45. The lowest BCUT2D eigenvalue weighted by molar-refractivity contribution is 0.0533. The topological polar surface area (TPSA) is 29.3 Å². The van der Waals surface area contributed by atoms with Crippen LogP contribution in [0.5, 0.6) is 0 Å². The maximum absolute atomic E-state index is 6.10. The van der Waals surface area contributed by atoms with Gasteiger partial charge >= 0.3 is 0 Å². The van der Waals surface area contributed by atoms with Crippen molar-refractivity contribution in [1.82, 2.24) is 4.90 Å². The van der Waals surface area contributed by atoms with Gasteiger partial charge in [0, 0.05) is 12.1 Å². The predicted octanol–water partition coefficient (Wildman–Crippen LogP) is 3.26. The van der Waals surface area contributed by atoms with Crippen molar-refractivity contribution in [2.24, 2.45) is 17.1 Å². The quantitative estimate of drug-likeness (QED) is 0.817. The Balaban J connectivity index is 2.59. The van der Waals surface area contributed by atoms with Crippen LogP contribution < -0.4 is 5.73 Å². The van der Waals surface area contributed by atoms with E-state index in [1.807, 2.05) is 0 Å². The molecule has 0 spiro atoms. The van der Waals surface area contributed by atoms with Gasteiger partial charge in [-0.25, -0.2) is 0 Å². The van der Waals surface area contributed by atoms with Crippen LogP contribution in [-0.2, 0) is 0 Å². The first-order valence-corrected chi connectivity index (χ1v) is 7.20. The highest BCUT2D eigenvalue weighted by Crippen LogP contribution is 2.36. The van der Waals surface area contributed by atoms with Crippen molar-refractivity contribution in [2.75, 3.05) is 20.1 Å². The lowest BCUT2D eigenvalue weighted by Crippen LogP contribution is -2.55. The Labute approximate surface area is 108 Å². The molecule has 0 aromatic rings. The Morgan fingerprint density at radius 3 is 2.47 bits per heavy atom. The van der Waals surface area contributed by atoms with Crippen LogP contribution in [0.1, 0.15) is 59.8 Å². The summed E-state index contributed by atoms with van der Waals surface area (Å²) in [6.07, 6.45) is 6.55. The summed E-state index contributed by atoms with van der Waals surface area (Å²) >= 11 is 0. The molecule has 1 fully saturated rings. The molecule has 0 amide bonds. The van der Waals surface area contributed by atoms with Gasteiger partial charge in [0.25, 0.3) is 0 Å². The molecule has 2 unspecified atom stereocenters. The second-order valence-corrected chi connectivity index (χ2v) is 7.36. The number of hydrogen-bond donors (Lipinski definition) is 1. The summed E-state index contributed by atoms with van der Waals surface area (Å²) in [5, 5.41) is 0. The van der Waals surface area contributed by atoms with Gasteiger partial charge in [0.15, 0.2) is 0 Å². The van der Waals surface area contributed by atoms with Gasteiger partial charge in [-0.15, -0.1) is 0 Å². The molecule has 1 saturated carbocycles. The van der Waals surface area contributed by atoms with Crippen LogP contribution in [0.4, 0.5) is 0 Å². The van der Waals surface area contributed by atoms with E-state index in [1.54, 1.807) is 0 Å². The Morgan fingerprint density at radius 1 is 1.35 bits per heavy atom. The normalized spacial score (nSPS) is 30.9. The Morgan fingerprint density at radius 2 is 2.00 bits per heavy atom. The van der Waals surface area contributed by atoms with E-state index in [9.17, 15) is 0 Å². The van der Waals surface area contributed by atoms with E-state index in [-0.39, 0.29) is 5.54 Å². The van der Waals surface area contributed by atoms with E-state index in [0.717, 1.165) is 12.5 Å². The smallest absolute Gasteiger partial charge is 0.0331 e. The third-order valence-electron chi connectivity index (χ3n) is 4.45. The van der Waals surface area contributed by atoms with Crippen LogP contribution in [0.25, 0.3) is 0 Å². The minimum atomic E-state index is 0.281. The van der Waals surface area contributed by atoms with Gasteiger partial charge in [-0.05, 0) is 44.2 Å². The van der Waals surface area contributed by atoms with Crippen molar-refractivity contribution in [3.8, 4) is 0 Å². The molecule has 102 valence electrons. The van der Waals surface area contributed by atoms with Crippen molar-refractivity contribution in [2.45, 2.75) is 65.3 Å². The predicted molar refractivity (Wildman–Crippen MR) is 76.1 cm³/mol. The molecule has 0 saturated heterocycles. The SMILES string of the molecule is CC1CCCC(CN)(N(C)CCC(C)(C)C)C1. The van der Waals surface area contributed by atoms with Gasteiger partial charge in [-0.3, -0.25) is 4.90 Å². The molecule has 0 bridgehead atoms. The molecule has 2 nitrogen and oxygen atoms in total. The number of rotatable bonds is 4. The van der Waals surface area contributed by atoms with E-state index in [1.165, 1.54) is 38.6 Å². The van der Waals surface area contributed by atoms with Gasteiger partial charge in [-0.2, -0.15) is 0 Å². The molecule has 2 atom stereocenters. The van der Waals surface area contributed by atoms with E-state index < -0.39 is 0 Å². The molecule has 17 heavy (non-hydrogen) atoms. The van der Waals surface area contributed by atoms with Crippen LogP contribution in [0.3, 0.4) is 0 Å². The van der Waals surface area contributed by atoms with E-state index >= 15 is 0 Å². The van der Waals surface area contributed by atoms with E-state index in [2.05, 4.69) is 39.6 Å². The first-order valence-electron chi connectivity index (χ1n) is 7.20. The zero-order valence-electron chi connectivity index (χ0n) is 12.6. The Kier molecular flexibility index (Phi) is 5.03. The van der Waals surface area contributed by atoms with Gasteiger partial charge in [0.1, 0.15) is 0 Å². The van der Waals surface area contributed by atoms with Crippen LogP contribution in [0.15, 0.2) is 0 Å². The van der Waals surface area contributed by atoms with Gasteiger partial charge in [-0.1, -0.05) is 40.5 Å². The number of nitrogens with two attached hydrogens (primary N) is 1. The number of nitrogens with zero attached hydrogens (tertiary/aromatic N) is 1. The van der Waals surface area contributed by atoms with Crippen molar-refractivity contribution in [3.05, 3.63) is 0 Å². The summed E-state index contributed by atoms with van der Waals surface area (Å²) in [4.78, 5) is 2.55. The fourth-order valence-electron chi connectivity index (χ4n) is 3.06. The molecule has 1 aliphatic rings. The van der Waals surface area contributed by atoms with Crippen LogP contribution in [0, 0.1) is 11.3 Å². The first-order chi connectivity index (χ1) is 7.79. The van der Waals surface area contributed by atoms with Crippen LogP contribution in [-0.4, -0.2) is 30.6 Å². The average molecular weight is 240 g/mol. The first kappa shape index (κ1) is 15.0. The molecule has 1 aliphatic carbocycles. The Hall–Kier alpha value is -0.0800. The zero-order valence-corrected chi connectivity index (χ0v) is 12.6. The monoisotopic (exact) mass is 240 g/mol. The largest absolute Gasteiger partial charge is 0.329 e. The van der Waals surface area contributed by atoms with Crippen molar-refractivity contribution in [3.63, 3.8) is 0 Å². The second-order valence-electron chi connectivity index (χ2n) is 7.36. The Bertz CT molecular complexity index is 232. The van der Waals surface area contributed by atoms with Crippen LogP contribution in [0.2, 0.25) is 0 Å². The molecule has 2 N–H and O–H groups in total. The summed E-state index contributed by atoms with van der Waals surface area (Å²) in [6, 6.07) is 0. The van der Waals surface area contributed by atoms with Crippen molar-refractivity contribution in [1.29, 1.82) is 0 Å². The minimum Gasteiger partial charge on any atom is -0.329 e. The minimum absolute atomic E-state index is 0.281. The molecule has 0 heterocycles. The molecule has 0 radical (unpaired) electrons. The fourth-order valence-corrected chi connectivity index (χ4v) is 3.06. The molecule has 0 aromatic carbocycles. The molecular weight excluding hydrogens is 208 g/mol. The highest BCUT2D eigenvalue weighted by molar-refractivity contribution is 4.94. The molecule has 2 heteroatoms. The maximum Gasteiger partial charge on any atom is 0.0331 e. The molecule has 1 rings (SSSR count). The highest BCUT2D eigenvalue weighted by atomic mass is 15.2. The second kappa shape index (κ2) is 5.71. The lowest BCUT2D eigenvalue weighted by atomic mass is 9.75. The van der Waals surface area contributed by atoms with Gasteiger partial charge in [0.05, 0.1) is 0 Å². The summed E-state index contributed by atoms with van der Waals surface area (Å²) < 4.78 is 0. The third kappa shape index (κ3) is 4.26. The van der Waals surface area contributed by atoms with Gasteiger partial charge < -0.3 is 5.73 Å². The summed E-state index contributed by atoms with van der Waals surface area (Å²) in [5.74, 6) is 0.837. The van der Waals surface area contributed by atoms with Gasteiger partial charge in [0.2, 0.25) is 0 Å². The van der Waals surface area contributed by atoms with Crippen LogP contribution >= 0.6 is 0 Å². The lowest BCUT2D eigenvalue weighted by Gasteiger charge is -2.46. The van der Waals surface area contributed by atoms with Crippen molar-refractivity contribution >= 4 is 0 Å². The van der Waals surface area contributed by atoms with E-state index in [4.69, 9.17) is 5.73 Å². The molecular formula is C15H32N2. The fraction of sp³-hybridized carbons (Fsp3) is 1.00. The zero-order chi connectivity index (χ0) is 13.1. The van der Waals surface area contributed by atoms with Crippen molar-refractivity contribution < 1.29 is 0 Å². The molecule has 0 aromatic heterocycles. The summed E-state index contributed by atoms with van der Waals surface area (Å²) in [5.41, 5.74) is 6.80. The van der Waals surface area contributed by atoms with E-state index in [0.29, 0.717) is 5.41 Å². The standard InChI is InChI=1S/C15H32N2/c1-13-7-6-8-15(11-13,12-16)17(5)10-9-14(2,3)4/h13H,6-12,16H2,1-5H3. The summed E-state index contributed by atoms with van der Waals surface area (Å²) in [7, 11) is 2.27. The molecule has 0 aliphatic heterocycles. The maximum atomic E-state index is 6.10. The summed E-state index contributed by atoms with van der Waals surface area (Å²) in [6.45, 7) is 11.3. The number of hydrogen-bond acceptors (Lipinski definition) is 2. The number of likely N-dealkylation sites (N-methyl/N-ethyl adjacent to an activating group) is 1. The average Bonchev–Trinajstić information content (AvgIpc) is 2.24.